The summed E-state index contributed by atoms with van der Waals surface area (Å²) in [4.78, 5) is 25.8. The van der Waals surface area contributed by atoms with Crippen LogP contribution in [0.1, 0.15) is 37.6 Å². The van der Waals surface area contributed by atoms with Gasteiger partial charge in [0.05, 0.1) is 31.6 Å². The highest BCUT2D eigenvalue weighted by Gasteiger charge is 2.33. The lowest BCUT2D eigenvalue weighted by Crippen LogP contribution is -2.46. The van der Waals surface area contributed by atoms with Gasteiger partial charge in [0.25, 0.3) is 0 Å². The number of primary amides is 1. The van der Waals surface area contributed by atoms with Crippen LogP contribution in [0.15, 0.2) is 42.5 Å². The van der Waals surface area contributed by atoms with E-state index in [1.807, 2.05) is 62.7 Å². The first kappa shape index (κ1) is 23.2. The lowest BCUT2D eigenvalue weighted by Gasteiger charge is -2.25. The van der Waals surface area contributed by atoms with Crippen LogP contribution in [0.4, 0.5) is 15.3 Å². The molecular formula is C25H30N6O3. The SMILES string of the molecule is COc1cccc(C)c1-n1nc2c(c1-c1ccc(NC(N)=O)cc1)CN(C(=O)NC(C)(C)C)C2. The van der Waals surface area contributed by atoms with Crippen LogP contribution in [-0.4, -0.2) is 39.4 Å². The maximum absolute atomic E-state index is 12.8. The van der Waals surface area contributed by atoms with Crippen LogP contribution in [-0.2, 0) is 13.1 Å². The fourth-order valence-corrected chi connectivity index (χ4v) is 4.14. The van der Waals surface area contributed by atoms with Crippen LogP contribution in [0.2, 0.25) is 0 Å². The van der Waals surface area contributed by atoms with Gasteiger partial charge in [-0.1, -0.05) is 24.3 Å². The zero-order valence-electron chi connectivity index (χ0n) is 20.1. The lowest BCUT2D eigenvalue weighted by atomic mass is 10.1. The molecule has 4 amide bonds. The van der Waals surface area contributed by atoms with Gasteiger partial charge in [-0.25, -0.2) is 14.3 Å². The molecule has 3 aromatic rings. The molecule has 0 radical (unpaired) electrons. The van der Waals surface area contributed by atoms with Crippen LogP contribution >= 0.6 is 0 Å². The van der Waals surface area contributed by atoms with Crippen molar-refractivity contribution in [3.63, 3.8) is 0 Å². The Morgan fingerprint density at radius 3 is 2.41 bits per heavy atom. The topological polar surface area (TPSA) is 115 Å². The van der Waals surface area contributed by atoms with Crippen LogP contribution in [0.25, 0.3) is 16.9 Å². The summed E-state index contributed by atoms with van der Waals surface area (Å²) in [5, 5.41) is 10.5. The van der Waals surface area contributed by atoms with Crippen molar-refractivity contribution in [1.29, 1.82) is 0 Å². The normalized spacial score (nSPS) is 12.9. The largest absolute Gasteiger partial charge is 0.494 e. The number of hydrogen-bond donors (Lipinski definition) is 3. The van der Waals surface area contributed by atoms with E-state index in [-0.39, 0.29) is 11.6 Å². The van der Waals surface area contributed by atoms with Gasteiger partial charge < -0.3 is 26.0 Å². The molecule has 1 aromatic heterocycles. The van der Waals surface area contributed by atoms with Gasteiger partial charge in [0, 0.05) is 22.4 Å². The molecular weight excluding hydrogens is 432 g/mol. The first-order chi connectivity index (χ1) is 16.1. The number of nitrogens with one attached hydrogen (secondary N) is 2. The maximum atomic E-state index is 12.8. The molecule has 0 unspecified atom stereocenters. The van der Waals surface area contributed by atoms with Crippen LogP contribution < -0.4 is 21.1 Å². The summed E-state index contributed by atoms with van der Waals surface area (Å²) >= 11 is 0. The van der Waals surface area contributed by atoms with Crippen molar-refractivity contribution in [1.82, 2.24) is 20.0 Å². The van der Waals surface area contributed by atoms with E-state index in [4.69, 9.17) is 15.6 Å². The number of anilines is 1. The molecule has 9 nitrogen and oxygen atoms in total. The third-order valence-electron chi connectivity index (χ3n) is 5.58. The van der Waals surface area contributed by atoms with Gasteiger partial charge in [0.1, 0.15) is 11.4 Å². The number of carbonyl (C=O) groups is 2. The number of rotatable bonds is 4. The summed E-state index contributed by atoms with van der Waals surface area (Å²) in [6.07, 6.45) is 0. The summed E-state index contributed by atoms with van der Waals surface area (Å²) in [7, 11) is 1.64. The number of fused-ring (bicyclic) bond motifs is 1. The summed E-state index contributed by atoms with van der Waals surface area (Å²) in [6.45, 7) is 8.72. The number of ether oxygens (including phenoxy) is 1. The average Bonchev–Trinajstić information content (AvgIpc) is 3.30. The number of hydrogen-bond acceptors (Lipinski definition) is 4. The minimum Gasteiger partial charge on any atom is -0.494 e. The predicted octanol–water partition coefficient (Wildman–Crippen LogP) is 4.17. The van der Waals surface area contributed by atoms with E-state index in [9.17, 15) is 9.59 Å². The Morgan fingerprint density at radius 1 is 1.09 bits per heavy atom. The monoisotopic (exact) mass is 462 g/mol. The molecule has 0 aliphatic carbocycles. The number of nitrogens with two attached hydrogens (primary N) is 1. The van der Waals surface area contributed by atoms with Gasteiger partial charge in [-0.2, -0.15) is 5.10 Å². The minimum absolute atomic E-state index is 0.127. The summed E-state index contributed by atoms with van der Waals surface area (Å²) in [5.74, 6) is 0.705. The Morgan fingerprint density at radius 2 is 1.79 bits per heavy atom. The van der Waals surface area contributed by atoms with Gasteiger partial charge in [0.15, 0.2) is 0 Å². The molecule has 0 saturated carbocycles. The minimum atomic E-state index is -0.621. The van der Waals surface area contributed by atoms with Gasteiger partial charge in [-0.05, 0) is 51.5 Å². The summed E-state index contributed by atoms with van der Waals surface area (Å²) in [6, 6.07) is 12.5. The first-order valence-corrected chi connectivity index (χ1v) is 11.1. The van der Waals surface area contributed by atoms with E-state index in [1.165, 1.54) is 0 Å². The summed E-state index contributed by atoms with van der Waals surface area (Å²) < 4.78 is 7.55. The lowest BCUT2D eigenvalue weighted by molar-refractivity contribution is 0.188. The zero-order chi connectivity index (χ0) is 24.6. The predicted molar refractivity (Wildman–Crippen MR) is 131 cm³/mol. The van der Waals surface area contributed by atoms with Crippen molar-refractivity contribution >= 4 is 17.7 Å². The number of methoxy groups -OCH3 is 1. The smallest absolute Gasteiger partial charge is 0.318 e. The molecule has 2 aromatic carbocycles. The van der Waals surface area contributed by atoms with Crippen LogP contribution in [0, 0.1) is 6.92 Å². The third kappa shape index (κ3) is 4.54. The van der Waals surface area contributed by atoms with Crippen molar-refractivity contribution < 1.29 is 14.3 Å². The second-order valence-corrected chi connectivity index (χ2v) is 9.41. The van der Waals surface area contributed by atoms with Gasteiger partial charge >= 0.3 is 12.1 Å². The summed E-state index contributed by atoms with van der Waals surface area (Å²) in [5.41, 5.74) is 10.9. The van der Waals surface area contributed by atoms with Gasteiger partial charge in [0.2, 0.25) is 0 Å². The van der Waals surface area contributed by atoms with Crippen LogP contribution in [0.3, 0.4) is 0 Å². The number of carbonyl (C=O) groups excluding carboxylic acids is 2. The average molecular weight is 463 g/mol. The molecule has 34 heavy (non-hydrogen) atoms. The highest BCUT2D eigenvalue weighted by Crippen LogP contribution is 2.38. The number of aromatic nitrogens is 2. The van der Waals surface area contributed by atoms with Crippen LogP contribution in [0.5, 0.6) is 5.75 Å². The maximum Gasteiger partial charge on any atom is 0.318 e. The molecule has 1 aliphatic heterocycles. The molecule has 1 aliphatic rings. The Balaban J connectivity index is 1.81. The van der Waals surface area contributed by atoms with Crippen molar-refractivity contribution in [2.45, 2.75) is 46.3 Å². The van der Waals surface area contributed by atoms with Gasteiger partial charge in [-0.15, -0.1) is 0 Å². The fourth-order valence-electron chi connectivity index (χ4n) is 4.14. The molecule has 4 rings (SSSR count). The molecule has 4 N–H and O–H groups in total. The first-order valence-electron chi connectivity index (χ1n) is 11.1. The van der Waals surface area contributed by atoms with E-state index < -0.39 is 6.03 Å². The molecule has 2 heterocycles. The number of aryl methyl sites for hydroxylation is 1. The number of nitrogens with zero attached hydrogens (tertiary/aromatic N) is 3. The number of amides is 4. The van der Waals surface area contributed by atoms with Crippen molar-refractivity contribution in [3.8, 4) is 22.7 Å². The van der Waals surface area contributed by atoms with Crippen molar-refractivity contribution in [2.75, 3.05) is 12.4 Å². The highest BCUT2D eigenvalue weighted by molar-refractivity contribution is 5.88. The number of para-hydroxylation sites is 1. The quantitative estimate of drug-likeness (QED) is 0.540. The number of benzene rings is 2. The molecule has 178 valence electrons. The van der Waals surface area contributed by atoms with E-state index in [1.54, 1.807) is 24.1 Å². The van der Waals surface area contributed by atoms with E-state index in [2.05, 4.69) is 10.6 Å². The zero-order valence-corrected chi connectivity index (χ0v) is 20.1. The molecule has 0 spiro atoms. The second kappa shape index (κ2) is 8.74. The van der Waals surface area contributed by atoms with Gasteiger partial charge in [-0.3, -0.25) is 0 Å². The Bertz CT molecular complexity index is 1240. The molecule has 0 fully saturated rings. The Labute approximate surface area is 198 Å². The van der Waals surface area contributed by atoms with E-state index >= 15 is 0 Å². The Kier molecular flexibility index (Phi) is 5.95. The molecule has 0 bridgehead atoms. The standard InChI is InChI=1S/C25H30N6O3/c1-15-7-6-8-20(34-5)21(15)31-22(16-9-11-17(12-10-16)27-23(26)32)18-13-30(14-19(18)29-31)24(33)28-25(2,3)4/h6-12H,13-14H2,1-5H3,(H,28,33)(H3,26,27,32). The second-order valence-electron chi connectivity index (χ2n) is 9.41. The highest BCUT2D eigenvalue weighted by atomic mass is 16.5. The Hall–Kier alpha value is -4.01. The van der Waals surface area contributed by atoms with E-state index in [0.717, 1.165) is 33.8 Å². The third-order valence-corrected chi connectivity index (χ3v) is 5.58. The molecule has 0 saturated heterocycles. The van der Waals surface area contributed by atoms with Crippen molar-refractivity contribution in [2.24, 2.45) is 5.73 Å². The number of urea groups is 2. The van der Waals surface area contributed by atoms with Crippen molar-refractivity contribution in [3.05, 3.63) is 59.3 Å². The molecule has 9 heteroatoms. The van der Waals surface area contributed by atoms with E-state index in [0.29, 0.717) is 24.5 Å². The molecule has 0 atom stereocenters. The fraction of sp³-hybridized carbons (Fsp3) is 0.320.